The third kappa shape index (κ3) is 4.75. The van der Waals surface area contributed by atoms with Crippen molar-refractivity contribution in [1.82, 2.24) is 4.98 Å². The molecule has 31 heavy (non-hydrogen) atoms. The first-order chi connectivity index (χ1) is 14.6. The normalized spacial score (nSPS) is 14.7. The van der Waals surface area contributed by atoms with E-state index in [0.717, 1.165) is 54.1 Å². The predicted octanol–water partition coefficient (Wildman–Crippen LogP) is 7.75. The van der Waals surface area contributed by atoms with Gasteiger partial charge in [0, 0.05) is 18.7 Å². The molecule has 3 rings (SSSR count). The molecule has 0 unspecified atom stereocenters. The number of halogens is 5. The Labute approximate surface area is 189 Å². The Morgan fingerprint density at radius 3 is 2.29 bits per heavy atom. The monoisotopic (exact) mass is 474 g/mol. The summed E-state index contributed by atoms with van der Waals surface area (Å²) in [6.45, 7) is 10.2. The van der Waals surface area contributed by atoms with Gasteiger partial charge in [0.05, 0.1) is 28.6 Å². The average molecular weight is 475 g/mol. The number of rotatable bonds is 5. The fourth-order valence-corrected chi connectivity index (χ4v) is 4.14. The lowest BCUT2D eigenvalue weighted by Crippen LogP contribution is -2.21. The summed E-state index contributed by atoms with van der Waals surface area (Å²) in [5, 5.41) is 7.28. The average Bonchev–Trinajstić information content (AvgIpc) is 3.22. The highest BCUT2D eigenvalue weighted by molar-refractivity contribution is 6.34. The highest BCUT2D eigenvalue weighted by Crippen LogP contribution is 2.45. The van der Waals surface area contributed by atoms with Crippen LogP contribution in [0.5, 0.6) is 5.75 Å². The molecule has 1 fully saturated rings. The third-order valence-corrected chi connectivity index (χ3v) is 5.92. The Morgan fingerprint density at radius 1 is 1.06 bits per heavy atom. The number of pyridine rings is 1. The molecule has 0 N–H and O–H groups in total. The van der Waals surface area contributed by atoms with Crippen molar-refractivity contribution in [3.05, 3.63) is 38.5 Å². The lowest BCUT2D eigenvalue weighted by atomic mass is 9.99. The molecule has 2 heterocycles. The smallest absolute Gasteiger partial charge is 0.419 e. The summed E-state index contributed by atoms with van der Waals surface area (Å²) < 4.78 is 44.9. The van der Waals surface area contributed by atoms with E-state index in [1.165, 1.54) is 0 Å². The van der Waals surface area contributed by atoms with E-state index in [1.54, 1.807) is 0 Å². The Balaban J connectivity index is 2.08. The van der Waals surface area contributed by atoms with Gasteiger partial charge in [-0.1, -0.05) is 23.2 Å². The molecule has 0 bridgehead atoms. The topological polar surface area (TPSA) is 50.1 Å². The zero-order chi connectivity index (χ0) is 22.9. The highest BCUT2D eigenvalue weighted by atomic mass is 35.5. The number of anilines is 1. The fourth-order valence-electron chi connectivity index (χ4n) is 3.71. The summed E-state index contributed by atoms with van der Waals surface area (Å²) in [6.07, 6.45) is -2.40. The van der Waals surface area contributed by atoms with Crippen LogP contribution < -0.4 is 9.64 Å². The summed E-state index contributed by atoms with van der Waals surface area (Å²) in [7, 11) is 0. The Hall–Kier alpha value is -2.06. The molecular weight excluding hydrogens is 452 g/mol. The second-order valence-corrected chi connectivity index (χ2v) is 8.12. The number of benzene rings is 1. The molecule has 1 aliphatic rings. The number of hydrogen-bond acceptors (Lipinski definition) is 5. The van der Waals surface area contributed by atoms with Crippen LogP contribution in [-0.4, -0.2) is 24.7 Å². The molecule has 168 valence electrons. The number of aromatic nitrogens is 1. The first kappa shape index (κ1) is 23.6. The number of nitrogens with zero attached hydrogens (tertiary/aromatic N) is 4. The number of alkyl halides is 3. The van der Waals surface area contributed by atoms with Gasteiger partial charge in [0.1, 0.15) is 10.9 Å². The van der Waals surface area contributed by atoms with Gasteiger partial charge in [-0.3, -0.25) is 0 Å². The van der Waals surface area contributed by atoms with Gasteiger partial charge in [-0.25, -0.2) is 4.98 Å². The molecule has 1 saturated heterocycles. The van der Waals surface area contributed by atoms with Crippen LogP contribution in [0, 0.1) is 20.8 Å². The zero-order valence-electron chi connectivity index (χ0n) is 17.7. The van der Waals surface area contributed by atoms with E-state index >= 15 is 0 Å². The van der Waals surface area contributed by atoms with E-state index < -0.39 is 16.9 Å². The maximum Gasteiger partial charge on any atom is 0.419 e. The second kappa shape index (κ2) is 9.20. The molecule has 0 aliphatic carbocycles. The van der Waals surface area contributed by atoms with Crippen LogP contribution in [0.4, 0.5) is 30.4 Å². The molecule has 1 aromatic carbocycles. The molecule has 0 radical (unpaired) electrons. The van der Waals surface area contributed by atoms with E-state index in [4.69, 9.17) is 27.9 Å². The summed E-state index contributed by atoms with van der Waals surface area (Å²) in [4.78, 5) is 6.00. The number of azo groups is 1. The van der Waals surface area contributed by atoms with Crippen LogP contribution in [0.1, 0.15) is 42.0 Å². The Morgan fingerprint density at radius 2 is 1.71 bits per heavy atom. The van der Waals surface area contributed by atoms with Crippen LogP contribution in [0.3, 0.4) is 0 Å². The van der Waals surface area contributed by atoms with E-state index in [9.17, 15) is 13.2 Å². The van der Waals surface area contributed by atoms with Crippen molar-refractivity contribution in [2.75, 3.05) is 24.6 Å². The SMILES string of the molecule is CCOc1c(C)c(N=Nc2nc(Cl)c(C(F)(F)F)cc2Cl)c(C)c(C)c1N1CCCC1. The van der Waals surface area contributed by atoms with Crippen molar-refractivity contribution in [2.24, 2.45) is 10.2 Å². The van der Waals surface area contributed by atoms with Gasteiger partial charge in [-0.05, 0) is 57.7 Å². The van der Waals surface area contributed by atoms with Crippen molar-refractivity contribution < 1.29 is 17.9 Å². The summed E-state index contributed by atoms with van der Waals surface area (Å²) in [6, 6.07) is 0.707. The lowest BCUT2D eigenvalue weighted by molar-refractivity contribution is -0.137. The minimum absolute atomic E-state index is 0.183. The summed E-state index contributed by atoms with van der Waals surface area (Å²) >= 11 is 11.7. The zero-order valence-corrected chi connectivity index (χ0v) is 19.2. The second-order valence-electron chi connectivity index (χ2n) is 7.36. The van der Waals surface area contributed by atoms with Crippen LogP contribution in [-0.2, 0) is 6.18 Å². The standard InChI is InChI=1S/C21H23Cl2F3N4O/c1-5-31-18-13(4)16(11(2)12(3)17(18)30-8-6-7-9-30)28-29-20-15(22)10-14(19(23)27-20)21(24,25)26/h10H,5-9H2,1-4H3. The molecule has 10 heteroatoms. The van der Waals surface area contributed by atoms with Gasteiger partial charge in [-0.15, -0.1) is 10.2 Å². The molecule has 0 spiro atoms. The van der Waals surface area contributed by atoms with Crippen molar-refractivity contribution in [2.45, 2.75) is 46.7 Å². The van der Waals surface area contributed by atoms with Crippen molar-refractivity contribution >= 4 is 40.4 Å². The Bertz CT molecular complexity index is 1020. The summed E-state index contributed by atoms with van der Waals surface area (Å²) in [5.41, 5.74) is 3.23. The van der Waals surface area contributed by atoms with Crippen LogP contribution in [0.25, 0.3) is 0 Å². The van der Waals surface area contributed by atoms with E-state index in [-0.39, 0.29) is 10.8 Å². The van der Waals surface area contributed by atoms with Crippen molar-refractivity contribution in [3.63, 3.8) is 0 Å². The quantitative estimate of drug-likeness (QED) is 0.328. The van der Waals surface area contributed by atoms with Crippen LogP contribution in [0.15, 0.2) is 16.3 Å². The van der Waals surface area contributed by atoms with Gasteiger partial charge < -0.3 is 9.64 Å². The van der Waals surface area contributed by atoms with Gasteiger partial charge in [0.15, 0.2) is 5.82 Å². The molecule has 2 aromatic rings. The Kier molecular flexibility index (Phi) is 7.01. The largest absolute Gasteiger partial charge is 0.491 e. The molecular formula is C21H23Cl2F3N4O. The minimum Gasteiger partial charge on any atom is -0.491 e. The molecule has 5 nitrogen and oxygen atoms in total. The lowest BCUT2D eigenvalue weighted by Gasteiger charge is -2.27. The fraction of sp³-hybridized carbons (Fsp3) is 0.476. The van der Waals surface area contributed by atoms with E-state index in [1.807, 2.05) is 27.7 Å². The van der Waals surface area contributed by atoms with Crippen LogP contribution in [0.2, 0.25) is 10.2 Å². The van der Waals surface area contributed by atoms with E-state index in [0.29, 0.717) is 18.4 Å². The van der Waals surface area contributed by atoms with Gasteiger partial charge in [0.25, 0.3) is 0 Å². The van der Waals surface area contributed by atoms with E-state index in [2.05, 4.69) is 20.1 Å². The third-order valence-electron chi connectivity index (χ3n) is 5.36. The van der Waals surface area contributed by atoms with Crippen LogP contribution >= 0.6 is 23.2 Å². The van der Waals surface area contributed by atoms with Crippen molar-refractivity contribution in [3.8, 4) is 5.75 Å². The van der Waals surface area contributed by atoms with Crippen molar-refractivity contribution in [1.29, 1.82) is 0 Å². The first-order valence-corrected chi connectivity index (χ1v) is 10.7. The van der Waals surface area contributed by atoms with Gasteiger partial charge in [-0.2, -0.15) is 13.2 Å². The maximum atomic E-state index is 13.0. The van der Waals surface area contributed by atoms with Gasteiger partial charge in [0.2, 0.25) is 0 Å². The minimum atomic E-state index is -4.66. The van der Waals surface area contributed by atoms with Gasteiger partial charge >= 0.3 is 6.18 Å². The number of ether oxygens (including phenoxy) is 1. The molecule has 1 aromatic heterocycles. The first-order valence-electron chi connectivity index (χ1n) is 9.92. The molecule has 0 atom stereocenters. The molecule has 1 aliphatic heterocycles. The number of hydrogen-bond donors (Lipinski definition) is 0. The predicted molar refractivity (Wildman–Crippen MR) is 117 cm³/mol. The molecule has 0 saturated carbocycles. The maximum absolute atomic E-state index is 13.0. The molecule has 0 amide bonds. The summed E-state index contributed by atoms with van der Waals surface area (Å²) in [5.74, 6) is 0.559. The highest BCUT2D eigenvalue weighted by Gasteiger charge is 2.35.